The second kappa shape index (κ2) is 10.8. The quantitative estimate of drug-likeness (QED) is 0.224. The fourth-order valence-corrected chi connectivity index (χ4v) is 5.60. The van der Waals surface area contributed by atoms with Crippen molar-refractivity contribution in [1.29, 1.82) is 0 Å². The van der Waals surface area contributed by atoms with Crippen LogP contribution in [0.15, 0.2) is 125 Å². The lowest BCUT2D eigenvalue weighted by Gasteiger charge is -2.24. The molecule has 1 unspecified atom stereocenters. The summed E-state index contributed by atoms with van der Waals surface area (Å²) < 4.78 is 2.34. The number of nitrogens with zero attached hydrogens (tertiary/aromatic N) is 3. The molecule has 1 aliphatic rings. The monoisotopic (exact) mass is 522 g/mol. The first-order chi connectivity index (χ1) is 19.6. The Balaban J connectivity index is 1.56. The van der Waals surface area contributed by atoms with Gasteiger partial charge in [-0.2, -0.15) is 0 Å². The third-order valence-electron chi connectivity index (χ3n) is 7.52. The molecule has 0 saturated carbocycles. The average molecular weight is 523 g/mol. The Morgan fingerprint density at radius 3 is 2.40 bits per heavy atom. The summed E-state index contributed by atoms with van der Waals surface area (Å²) in [6.45, 7) is 8.43. The van der Waals surface area contributed by atoms with Crippen molar-refractivity contribution in [3.8, 4) is 5.69 Å². The summed E-state index contributed by atoms with van der Waals surface area (Å²) in [6, 6.07) is 32.4. The molecule has 5 aromatic rings. The molecule has 6 rings (SSSR count). The van der Waals surface area contributed by atoms with Crippen molar-refractivity contribution in [3.63, 3.8) is 0 Å². The molecule has 198 valence electrons. The third-order valence-corrected chi connectivity index (χ3v) is 7.52. The summed E-state index contributed by atoms with van der Waals surface area (Å²) in [7, 11) is 0. The number of para-hydroxylation sites is 2. The predicted molar refractivity (Wildman–Crippen MR) is 170 cm³/mol. The third kappa shape index (κ3) is 4.66. The molecule has 1 N–H and O–H groups in total. The van der Waals surface area contributed by atoms with Crippen molar-refractivity contribution in [2.24, 2.45) is 9.98 Å². The number of allylic oxidation sites excluding steroid dienone is 2. The first kappa shape index (κ1) is 25.6. The normalized spacial score (nSPS) is 15.9. The Bertz CT molecular complexity index is 1830. The number of aryl methyl sites for hydroxylation is 2. The highest BCUT2D eigenvalue weighted by Gasteiger charge is 2.22. The van der Waals surface area contributed by atoms with Crippen molar-refractivity contribution in [2.45, 2.75) is 40.3 Å². The molecular formula is C36H34N4. The maximum absolute atomic E-state index is 5.13. The van der Waals surface area contributed by atoms with Crippen LogP contribution in [-0.2, 0) is 6.42 Å². The summed E-state index contributed by atoms with van der Waals surface area (Å²) >= 11 is 0. The zero-order chi connectivity index (χ0) is 27.6. The molecule has 40 heavy (non-hydrogen) atoms. The summed E-state index contributed by atoms with van der Waals surface area (Å²) in [5, 5.41) is 6.07. The highest BCUT2D eigenvalue weighted by atomic mass is 15.2. The standard InChI is InChI=1S/C36H34N4/c1-5-13-26(7-3)34-37-35(39-36(38-34)28-21-24(4)20-25(6-2)22-28)27-18-19-31-30-16-11-12-17-32(30)40(33(31)23-27)29-14-9-8-10-15-29/h5,7-23,34H,6H2,1-4H3,(H,37,38,39)/b13-5-,26-7+. The van der Waals surface area contributed by atoms with Crippen molar-refractivity contribution < 1.29 is 0 Å². The van der Waals surface area contributed by atoms with E-state index in [2.05, 4.69) is 140 Å². The van der Waals surface area contributed by atoms with E-state index in [9.17, 15) is 0 Å². The van der Waals surface area contributed by atoms with Gasteiger partial charge in [0.05, 0.1) is 11.0 Å². The van der Waals surface area contributed by atoms with Crippen LogP contribution in [0.3, 0.4) is 0 Å². The number of nitrogens with one attached hydrogen (secondary N) is 1. The fourth-order valence-electron chi connectivity index (χ4n) is 5.60. The van der Waals surface area contributed by atoms with Crippen LogP contribution in [0.2, 0.25) is 0 Å². The number of fused-ring (bicyclic) bond motifs is 3. The Morgan fingerprint density at radius 2 is 1.62 bits per heavy atom. The molecule has 4 aromatic carbocycles. The fraction of sp³-hybridized carbons (Fsp3) is 0.167. The summed E-state index contributed by atoms with van der Waals surface area (Å²) in [5.74, 6) is 1.58. The smallest absolute Gasteiger partial charge is 0.159 e. The van der Waals surface area contributed by atoms with Crippen molar-refractivity contribution in [2.75, 3.05) is 0 Å². The van der Waals surface area contributed by atoms with Crippen molar-refractivity contribution in [3.05, 3.63) is 137 Å². The largest absolute Gasteiger partial charge is 0.344 e. The van der Waals surface area contributed by atoms with Crippen LogP contribution in [0, 0.1) is 6.92 Å². The molecule has 1 aliphatic heterocycles. The van der Waals surface area contributed by atoms with Crippen LogP contribution < -0.4 is 5.32 Å². The van der Waals surface area contributed by atoms with Gasteiger partial charge in [-0.15, -0.1) is 0 Å². The van der Waals surface area contributed by atoms with E-state index in [-0.39, 0.29) is 6.17 Å². The molecule has 4 nitrogen and oxygen atoms in total. The average Bonchev–Trinajstić information content (AvgIpc) is 3.33. The predicted octanol–water partition coefficient (Wildman–Crippen LogP) is 8.30. The molecule has 1 aromatic heterocycles. The van der Waals surface area contributed by atoms with Crippen LogP contribution in [0.5, 0.6) is 0 Å². The lowest BCUT2D eigenvalue weighted by atomic mass is 10.0. The second-order valence-corrected chi connectivity index (χ2v) is 10.2. The van der Waals surface area contributed by atoms with Crippen molar-refractivity contribution >= 4 is 33.5 Å². The number of rotatable bonds is 6. The van der Waals surface area contributed by atoms with Crippen LogP contribution >= 0.6 is 0 Å². The van der Waals surface area contributed by atoms with Gasteiger partial charge in [-0.3, -0.25) is 0 Å². The molecule has 0 aliphatic carbocycles. The Labute approximate surface area is 236 Å². The molecule has 0 spiro atoms. The van der Waals surface area contributed by atoms with Gasteiger partial charge < -0.3 is 9.88 Å². The lowest BCUT2D eigenvalue weighted by Crippen LogP contribution is -2.39. The number of hydrogen-bond donors (Lipinski definition) is 1. The SMILES string of the molecule is C/C=C\C(=C/C)C1N=C(c2ccc3c4ccccc4n(-c4ccccc4)c3c2)N=C(c2cc(C)cc(CC)c2)N1. The van der Waals surface area contributed by atoms with E-state index in [0.29, 0.717) is 0 Å². The first-order valence-corrected chi connectivity index (χ1v) is 14.0. The highest BCUT2D eigenvalue weighted by Crippen LogP contribution is 2.33. The lowest BCUT2D eigenvalue weighted by molar-refractivity contribution is 0.729. The summed E-state index contributed by atoms with van der Waals surface area (Å²) in [6.07, 6.45) is 7.04. The minimum absolute atomic E-state index is 0.232. The molecule has 1 atom stereocenters. The van der Waals surface area contributed by atoms with Gasteiger partial charge in [0.25, 0.3) is 0 Å². The van der Waals surface area contributed by atoms with Crippen LogP contribution in [0.1, 0.15) is 43.0 Å². The second-order valence-electron chi connectivity index (χ2n) is 10.2. The van der Waals surface area contributed by atoms with Gasteiger partial charge in [-0.1, -0.05) is 85.3 Å². The highest BCUT2D eigenvalue weighted by molar-refractivity contribution is 6.16. The maximum Gasteiger partial charge on any atom is 0.159 e. The molecule has 0 radical (unpaired) electrons. The van der Waals surface area contributed by atoms with E-state index in [4.69, 9.17) is 9.98 Å². The van der Waals surface area contributed by atoms with Gasteiger partial charge in [-0.05, 0) is 74.7 Å². The number of amidine groups is 2. The van der Waals surface area contributed by atoms with E-state index in [0.717, 1.165) is 46.0 Å². The van der Waals surface area contributed by atoms with Crippen LogP contribution in [0.25, 0.3) is 27.5 Å². The van der Waals surface area contributed by atoms with Gasteiger partial charge in [0, 0.05) is 27.6 Å². The number of aromatic nitrogens is 1. The molecule has 4 heteroatoms. The minimum atomic E-state index is -0.232. The van der Waals surface area contributed by atoms with E-state index in [1.807, 2.05) is 6.92 Å². The van der Waals surface area contributed by atoms with Crippen molar-refractivity contribution in [1.82, 2.24) is 9.88 Å². The topological polar surface area (TPSA) is 41.7 Å². The maximum atomic E-state index is 5.13. The van der Waals surface area contributed by atoms with E-state index < -0.39 is 0 Å². The molecule has 0 bridgehead atoms. The Morgan fingerprint density at radius 1 is 0.850 bits per heavy atom. The number of benzene rings is 4. The summed E-state index contributed by atoms with van der Waals surface area (Å²) in [5.41, 5.74) is 9.18. The molecule has 0 amide bonds. The number of hydrogen-bond acceptors (Lipinski definition) is 3. The zero-order valence-electron chi connectivity index (χ0n) is 23.5. The zero-order valence-corrected chi connectivity index (χ0v) is 23.5. The Kier molecular flexibility index (Phi) is 6.91. The van der Waals surface area contributed by atoms with Gasteiger partial charge in [0.2, 0.25) is 0 Å². The molecule has 2 heterocycles. The van der Waals surface area contributed by atoms with Gasteiger partial charge in [0.1, 0.15) is 12.0 Å². The summed E-state index contributed by atoms with van der Waals surface area (Å²) in [4.78, 5) is 10.3. The van der Waals surface area contributed by atoms with Gasteiger partial charge >= 0.3 is 0 Å². The number of aliphatic imine (C=N–C) groups is 2. The van der Waals surface area contributed by atoms with Crippen LogP contribution in [0.4, 0.5) is 0 Å². The first-order valence-electron chi connectivity index (χ1n) is 14.0. The minimum Gasteiger partial charge on any atom is -0.344 e. The van der Waals surface area contributed by atoms with E-state index in [1.54, 1.807) is 0 Å². The van der Waals surface area contributed by atoms with Crippen LogP contribution in [-0.4, -0.2) is 22.4 Å². The molecule has 0 fully saturated rings. The Hall–Kier alpha value is -4.70. The van der Waals surface area contributed by atoms with E-state index in [1.165, 1.54) is 27.4 Å². The molecular weight excluding hydrogens is 488 g/mol. The van der Waals surface area contributed by atoms with Gasteiger partial charge in [-0.25, -0.2) is 9.98 Å². The molecule has 0 saturated heterocycles. The van der Waals surface area contributed by atoms with E-state index >= 15 is 0 Å². The van der Waals surface area contributed by atoms with Gasteiger partial charge in [0.15, 0.2) is 5.84 Å².